The Bertz CT molecular complexity index is 622. The summed E-state index contributed by atoms with van der Waals surface area (Å²) in [5.41, 5.74) is 0.964. The van der Waals surface area contributed by atoms with Crippen LogP contribution in [0.2, 0.25) is 0 Å². The van der Waals surface area contributed by atoms with Crippen LogP contribution >= 0.6 is 23.1 Å². The highest BCUT2D eigenvalue weighted by atomic mass is 32.2. The first-order valence-electron chi connectivity index (χ1n) is 7.32. The molecule has 1 fully saturated rings. The lowest BCUT2D eigenvalue weighted by Crippen LogP contribution is -2.39. The highest BCUT2D eigenvalue weighted by Crippen LogP contribution is 2.29. The third kappa shape index (κ3) is 3.37. The van der Waals surface area contributed by atoms with Crippen LogP contribution in [-0.2, 0) is 4.79 Å². The molecule has 21 heavy (non-hydrogen) atoms. The molecule has 1 aliphatic carbocycles. The molecule has 0 unspecified atom stereocenters. The maximum absolute atomic E-state index is 12.4. The van der Waals surface area contributed by atoms with Gasteiger partial charge >= 0.3 is 0 Å². The number of thioether (sulfide) groups is 1. The molecule has 1 saturated carbocycles. The SMILES string of the molecule is CN(C(=O)CSc1ncnc2ccsc12)C1CCCCC1. The van der Waals surface area contributed by atoms with Crippen LogP contribution in [0.5, 0.6) is 0 Å². The second-order valence-electron chi connectivity index (χ2n) is 5.40. The quantitative estimate of drug-likeness (QED) is 0.638. The van der Waals surface area contributed by atoms with Gasteiger partial charge in [0.25, 0.3) is 0 Å². The summed E-state index contributed by atoms with van der Waals surface area (Å²) >= 11 is 3.15. The molecule has 3 rings (SSSR count). The van der Waals surface area contributed by atoms with Crippen molar-refractivity contribution < 1.29 is 4.79 Å². The molecule has 0 spiro atoms. The zero-order chi connectivity index (χ0) is 14.7. The minimum absolute atomic E-state index is 0.204. The number of nitrogens with zero attached hydrogens (tertiary/aromatic N) is 3. The van der Waals surface area contributed by atoms with Gasteiger partial charge in [-0.05, 0) is 24.3 Å². The Labute approximate surface area is 133 Å². The maximum Gasteiger partial charge on any atom is 0.232 e. The van der Waals surface area contributed by atoms with Gasteiger partial charge in [0.2, 0.25) is 5.91 Å². The molecule has 2 heterocycles. The number of carbonyl (C=O) groups excluding carboxylic acids is 1. The number of hydrogen-bond acceptors (Lipinski definition) is 5. The van der Waals surface area contributed by atoms with Crippen molar-refractivity contribution in [1.29, 1.82) is 0 Å². The van der Waals surface area contributed by atoms with Crippen molar-refractivity contribution >= 4 is 39.2 Å². The van der Waals surface area contributed by atoms with Gasteiger partial charge in [0.1, 0.15) is 11.4 Å². The van der Waals surface area contributed by atoms with E-state index in [1.54, 1.807) is 17.7 Å². The molecule has 0 saturated heterocycles. The van der Waals surface area contributed by atoms with Crippen molar-refractivity contribution in [2.75, 3.05) is 12.8 Å². The number of fused-ring (bicyclic) bond motifs is 1. The summed E-state index contributed by atoms with van der Waals surface area (Å²) in [7, 11) is 1.94. The van der Waals surface area contributed by atoms with Crippen LogP contribution in [0, 0.1) is 0 Å². The fourth-order valence-electron chi connectivity index (χ4n) is 2.77. The van der Waals surface area contributed by atoms with E-state index in [0.717, 1.165) is 28.1 Å². The fourth-order valence-corrected chi connectivity index (χ4v) is 4.64. The summed E-state index contributed by atoms with van der Waals surface area (Å²) in [5.74, 6) is 0.659. The first-order chi connectivity index (χ1) is 10.3. The van der Waals surface area contributed by atoms with Crippen LogP contribution in [0.15, 0.2) is 22.8 Å². The van der Waals surface area contributed by atoms with Crippen LogP contribution in [-0.4, -0.2) is 39.6 Å². The summed E-state index contributed by atoms with van der Waals surface area (Å²) in [6, 6.07) is 2.42. The number of amides is 1. The van der Waals surface area contributed by atoms with E-state index in [1.165, 1.54) is 31.0 Å². The Kier molecular flexibility index (Phi) is 4.75. The molecule has 0 aromatic carbocycles. The van der Waals surface area contributed by atoms with E-state index in [9.17, 15) is 4.79 Å². The van der Waals surface area contributed by atoms with E-state index < -0.39 is 0 Å². The van der Waals surface area contributed by atoms with Crippen LogP contribution in [0.3, 0.4) is 0 Å². The smallest absolute Gasteiger partial charge is 0.232 e. The number of thiophene rings is 1. The van der Waals surface area contributed by atoms with Gasteiger partial charge in [0, 0.05) is 13.1 Å². The molecule has 1 amide bonds. The van der Waals surface area contributed by atoms with E-state index >= 15 is 0 Å². The minimum Gasteiger partial charge on any atom is -0.342 e. The lowest BCUT2D eigenvalue weighted by atomic mass is 9.94. The number of carbonyl (C=O) groups is 1. The Morgan fingerprint density at radius 1 is 1.38 bits per heavy atom. The van der Waals surface area contributed by atoms with E-state index in [4.69, 9.17) is 0 Å². The summed E-state index contributed by atoms with van der Waals surface area (Å²) in [6.07, 6.45) is 7.68. The molecule has 1 aliphatic rings. The number of hydrogen-bond donors (Lipinski definition) is 0. The van der Waals surface area contributed by atoms with Crippen LogP contribution in [0.25, 0.3) is 10.2 Å². The van der Waals surface area contributed by atoms with E-state index in [1.807, 2.05) is 23.4 Å². The van der Waals surface area contributed by atoms with Gasteiger partial charge in [-0.3, -0.25) is 4.79 Å². The molecular formula is C15H19N3OS2. The third-order valence-electron chi connectivity index (χ3n) is 4.06. The van der Waals surface area contributed by atoms with Crippen molar-refractivity contribution in [3.63, 3.8) is 0 Å². The maximum atomic E-state index is 12.4. The van der Waals surface area contributed by atoms with E-state index in [-0.39, 0.29) is 5.91 Å². The van der Waals surface area contributed by atoms with Crippen molar-refractivity contribution in [1.82, 2.24) is 14.9 Å². The van der Waals surface area contributed by atoms with Crippen LogP contribution < -0.4 is 0 Å². The largest absolute Gasteiger partial charge is 0.342 e. The van der Waals surface area contributed by atoms with Gasteiger partial charge in [0.05, 0.1) is 16.0 Å². The normalized spacial score (nSPS) is 16.2. The fraction of sp³-hybridized carbons (Fsp3) is 0.533. The predicted molar refractivity (Wildman–Crippen MR) is 87.8 cm³/mol. The lowest BCUT2D eigenvalue weighted by Gasteiger charge is -2.31. The second kappa shape index (κ2) is 6.75. The molecule has 2 aromatic heterocycles. The van der Waals surface area contributed by atoms with Crippen LogP contribution in [0.4, 0.5) is 0 Å². The Balaban J connectivity index is 1.61. The first kappa shape index (κ1) is 14.8. The molecule has 6 heteroatoms. The van der Waals surface area contributed by atoms with E-state index in [2.05, 4.69) is 9.97 Å². The summed E-state index contributed by atoms with van der Waals surface area (Å²) < 4.78 is 1.08. The van der Waals surface area contributed by atoms with E-state index in [0.29, 0.717) is 11.8 Å². The van der Waals surface area contributed by atoms with Crippen molar-refractivity contribution in [3.05, 3.63) is 17.8 Å². The van der Waals surface area contributed by atoms with Gasteiger partial charge in [-0.2, -0.15) is 0 Å². The lowest BCUT2D eigenvalue weighted by molar-refractivity contribution is -0.129. The highest BCUT2D eigenvalue weighted by Gasteiger charge is 2.22. The first-order valence-corrected chi connectivity index (χ1v) is 9.19. The summed E-state index contributed by atoms with van der Waals surface area (Å²) in [5, 5.41) is 2.93. The Morgan fingerprint density at radius 3 is 3.00 bits per heavy atom. The number of rotatable bonds is 4. The molecule has 2 aromatic rings. The molecule has 112 valence electrons. The molecule has 0 atom stereocenters. The standard InChI is InChI=1S/C15H19N3OS2/c1-18(11-5-3-2-4-6-11)13(19)9-21-15-14-12(7-8-20-14)16-10-17-15/h7-8,10-11H,2-6,9H2,1H3. The molecule has 0 aliphatic heterocycles. The van der Waals surface area contributed by atoms with Gasteiger partial charge in [0.15, 0.2) is 0 Å². The Hall–Kier alpha value is -1.14. The zero-order valence-corrected chi connectivity index (χ0v) is 13.8. The van der Waals surface area contributed by atoms with Crippen molar-refractivity contribution in [2.45, 2.75) is 43.2 Å². The zero-order valence-electron chi connectivity index (χ0n) is 12.1. The predicted octanol–water partition coefficient (Wildman–Crippen LogP) is 3.57. The van der Waals surface area contributed by atoms with Gasteiger partial charge in [-0.1, -0.05) is 31.0 Å². The number of aromatic nitrogens is 2. The minimum atomic E-state index is 0.204. The topological polar surface area (TPSA) is 46.1 Å². The molecule has 0 radical (unpaired) electrons. The Morgan fingerprint density at radius 2 is 2.19 bits per heavy atom. The van der Waals surface area contributed by atoms with Crippen LogP contribution in [0.1, 0.15) is 32.1 Å². The molecule has 0 bridgehead atoms. The molecular weight excluding hydrogens is 302 g/mol. The average Bonchev–Trinajstić information content (AvgIpc) is 3.02. The summed E-state index contributed by atoms with van der Waals surface area (Å²) in [6.45, 7) is 0. The summed E-state index contributed by atoms with van der Waals surface area (Å²) in [4.78, 5) is 22.8. The average molecular weight is 321 g/mol. The van der Waals surface area contributed by atoms with Gasteiger partial charge in [-0.25, -0.2) is 9.97 Å². The highest BCUT2D eigenvalue weighted by molar-refractivity contribution is 8.00. The third-order valence-corrected chi connectivity index (χ3v) is 6.07. The monoisotopic (exact) mass is 321 g/mol. The molecule has 4 nitrogen and oxygen atoms in total. The second-order valence-corrected chi connectivity index (χ2v) is 7.28. The molecule has 0 N–H and O–H groups in total. The van der Waals surface area contributed by atoms with Gasteiger partial charge in [-0.15, -0.1) is 11.3 Å². The van der Waals surface area contributed by atoms with Gasteiger partial charge < -0.3 is 4.90 Å². The van der Waals surface area contributed by atoms with Crippen molar-refractivity contribution in [2.24, 2.45) is 0 Å². The van der Waals surface area contributed by atoms with Crippen molar-refractivity contribution in [3.8, 4) is 0 Å².